The molecule has 1 amide bonds. The molecule has 4 nitrogen and oxygen atoms in total. The summed E-state index contributed by atoms with van der Waals surface area (Å²) in [6, 6.07) is 6.85. The normalized spacial score (nSPS) is 20.9. The number of amides is 1. The van der Waals surface area contributed by atoms with Gasteiger partial charge in [-0.15, -0.1) is 0 Å². The van der Waals surface area contributed by atoms with Crippen molar-refractivity contribution < 1.29 is 14.7 Å². The SMILES string of the molecule is CC1Oc2ccccc2N(O)C1=O. The lowest BCUT2D eigenvalue weighted by Crippen LogP contribution is -2.42. The maximum absolute atomic E-state index is 11.2. The highest BCUT2D eigenvalue weighted by atomic mass is 16.6. The number of anilines is 1. The van der Waals surface area contributed by atoms with E-state index < -0.39 is 12.0 Å². The van der Waals surface area contributed by atoms with Crippen LogP contribution < -0.4 is 9.80 Å². The number of fused-ring (bicyclic) bond motifs is 1. The first kappa shape index (κ1) is 8.07. The third kappa shape index (κ3) is 1.15. The van der Waals surface area contributed by atoms with E-state index in [0.29, 0.717) is 16.5 Å². The molecule has 0 aromatic heterocycles. The van der Waals surface area contributed by atoms with Crippen molar-refractivity contribution >= 4 is 11.6 Å². The van der Waals surface area contributed by atoms with E-state index in [9.17, 15) is 10.0 Å². The third-order valence-corrected chi connectivity index (χ3v) is 1.95. The topological polar surface area (TPSA) is 49.8 Å². The van der Waals surface area contributed by atoms with Crippen molar-refractivity contribution in [2.45, 2.75) is 13.0 Å². The molecule has 1 unspecified atom stereocenters. The van der Waals surface area contributed by atoms with E-state index >= 15 is 0 Å². The summed E-state index contributed by atoms with van der Waals surface area (Å²) in [6.45, 7) is 1.60. The van der Waals surface area contributed by atoms with Gasteiger partial charge in [-0.1, -0.05) is 12.1 Å². The van der Waals surface area contributed by atoms with Crippen LogP contribution in [-0.4, -0.2) is 17.2 Å². The maximum Gasteiger partial charge on any atom is 0.291 e. The highest BCUT2D eigenvalue weighted by Crippen LogP contribution is 2.31. The molecular weight excluding hydrogens is 170 g/mol. The molecule has 0 aliphatic carbocycles. The number of carbonyl (C=O) groups excluding carboxylic acids is 1. The van der Waals surface area contributed by atoms with Gasteiger partial charge in [0.15, 0.2) is 6.10 Å². The Labute approximate surface area is 75.3 Å². The second kappa shape index (κ2) is 2.74. The maximum atomic E-state index is 11.2. The Morgan fingerprint density at radius 3 is 2.92 bits per heavy atom. The first-order valence-corrected chi connectivity index (χ1v) is 3.98. The molecule has 0 saturated heterocycles. The fraction of sp³-hybridized carbons (Fsp3) is 0.222. The van der Waals surface area contributed by atoms with Crippen LogP contribution in [-0.2, 0) is 4.79 Å². The van der Waals surface area contributed by atoms with E-state index in [-0.39, 0.29) is 0 Å². The van der Waals surface area contributed by atoms with Crippen molar-refractivity contribution in [1.29, 1.82) is 0 Å². The van der Waals surface area contributed by atoms with E-state index in [1.54, 1.807) is 31.2 Å². The van der Waals surface area contributed by atoms with E-state index in [4.69, 9.17) is 4.74 Å². The third-order valence-electron chi connectivity index (χ3n) is 1.95. The molecule has 0 radical (unpaired) electrons. The standard InChI is InChI=1S/C9H9NO3/c1-6-9(11)10(12)7-4-2-3-5-8(7)13-6/h2-6,12H,1H3. The number of ether oxygens (including phenoxy) is 1. The molecule has 0 fully saturated rings. The van der Waals surface area contributed by atoms with Crippen LogP contribution in [0.3, 0.4) is 0 Å². The minimum absolute atomic E-state index is 0.394. The molecular formula is C9H9NO3. The molecule has 1 aromatic carbocycles. The molecule has 2 rings (SSSR count). The van der Waals surface area contributed by atoms with Crippen LogP contribution in [0, 0.1) is 0 Å². The lowest BCUT2D eigenvalue weighted by Gasteiger charge is -2.27. The summed E-state index contributed by atoms with van der Waals surface area (Å²) in [4.78, 5) is 11.2. The lowest BCUT2D eigenvalue weighted by molar-refractivity contribution is -0.131. The summed E-state index contributed by atoms with van der Waals surface area (Å²) in [5.74, 6) is 0.0794. The molecule has 1 aromatic rings. The van der Waals surface area contributed by atoms with Gasteiger partial charge in [-0.3, -0.25) is 10.0 Å². The summed E-state index contributed by atoms with van der Waals surface area (Å²) in [6.07, 6.45) is -0.625. The van der Waals surface area contributed by atoms with Gasteiger partial charge in [0.25, 0.3) is 5.91 Å². The van der Waals surface area contributed by atoms with Crippen LogP contribution >= 0.6 is 0 Å². The van der Waals surface area contributed by atoms with Crippen LogP contribution in [0.1, 0.15) is 6.92 Å². The molecule has 1 N–H and O–H groups in total. The predicted octanol–water partition coefficient (Wildman–Crippen LogP) is 1.19. The predicted molar refractivity (Wildman–Crippen MR) is 45.8 cm³/mol. The monoisotopic (exact) mass is 179 g/mol. The number of hydrogen-bond acceptors (Lipinski definition) is 3. The van der Waals surface area contributed by atoms with Crippen molar-refractivity contribution in [3.63, 3.8) is 0 Å². The van der Waals surface area contributed by atoms with Crippen molar-refractivity contribution in [3.05, 3.63) is 24.3 Å². The second-order valence-corrected chi connectivity index (χ2v) is 2.88. The zero-order valence-electron chi connectivity index (χ0n) is 7.10. The van der Waals surface area contributed by atoms with Crippen LogP contribution in [0.25, 0.3) is 0 Å². The average molecular weight is 179 g/mol. The Morgan fingerprint density at radius 1 is 1.46 bits per heavy atom. The number of rotatable bonds is 0. The van der Waals surface area contributed by atoms with Crippen molar-refractivity contribution in [1.82, 2.24) is 0 Å². The van der Waals surface area contributed by atoms with Gasteiger partial charge in [0, 0.05) is 0 Å². The van der Waals surface area contributed by atoms with E-state index in [2.05, 4.69) is 0 Å². The van der Waals surface area contributed by atoms with Crippen molar-refractivity contribution in [2.75, 3.05) is 5.06 Å². The van der Waals surface area contributed by atoms with Gasteiger partial charge in [-0.05, 0) is 19.1 Å². The lowest BCUT2D eigenvalue weighted by atomic mass is 10.2. The average Bonchev–Trinajstić information content (AvgIpc) is 2.15. The van der Waals surface area contributed by atoms with E-state index in [1.165, 1.54) is 0 Å². The Morgan fingerprint density at radius 2 is 2.15 bits per heavy atom. The Bertz CT molecular complexity index is 350. The fourth-order valence-corrected chi connectivity index (χ4v) is 1.26. The van der Waals surface area contributed by atoms with Gasteiger partial charge in [-0.2, -0.15) is 5.06 Å². The van der Waals surface area contributed by atoms with E-state index in [0.717, 1.165) is 0 Å². The first-order valence-electron chi connectivity index (χ1n) is 3.98. The number of nitrogens with zero attached hydrogens (tertiary/aromatic N) is 1. The van der Waals surface area contributed by atoms with Crippen molar-refractivity contribution in [2.24, 2.45) is 0 Å². The van der Waals surface area contributed by atoms with E-state index in [1.807, 2.05) is 0 Å². The Balaban J connectivity index is 2.49. The summed E-state index contributed by atoms with van der Waals surface area (Å²) in [5.41, 5.74) is 0.394. The number of hydrogen-bond donors (Lipinski definition) is 1. The Hall–Kier alpha value is -1.55. The number of benzene rings is 1. The fourth-order valence-electron chi connectivity index (χ4n) is 1.26. The molecule has 1 atom stereocenters. The van der Waals surface area contributed by atoms with Gasteiger partial charge >= 0.3 is 0 Å². The van der Waals surface area contributed by atoms with Gasteiger partial charge in [-0.25, -0.2) is 0 Å². The summed E-state index contributed by atoms with van der Waals surface area (Å²) in [5, 5.41) is 10.0. The van der Waals surface area contributed by atoms with Gasteiger partial charge in [0.2, 0.25) is 0 Å². The molecule has 4 heteroatoms. The summed E-state index contributed by atoms with van der Waals surface area (Å²) < 4.78 is 5.26. The zero-order valence-corrected chi connectivity index (χ0v) is 7.10. The zero-order chi connectivity index (χ0) is 9.42. The highest BCUT2D eigenvalue weighted by Gasteiger charge is 2.29. The molecule has 0 bridgehead atoms. The van der Waals surface area contributed by atoms with Gasteiger partial charge in [0.05, 0.1) is 0 Å². The van der Waals surface area contributed by atoms with Crippen LogP contribution in [0.2, 0.25) is 0 Å². The molecule has 0 spiro atoms. The molecule has 13 heavy (non-hydrogen) atoms. The minimum Gasteiger partial charge on any atom is -0.479 e. The number of para-hydroxylation sites is 2. The second-order valence-electron chi connectivity index (χ2n) is 2.88. The largest absolute Gasteiger partial charge is 0.479 e. The van der Waals surface area contributed by atoms with Crippen LogP contribution in [0.5, 0.6) is 5.75 Å². The minimum atomic E-state index is -0.625. The molecule has 1 aliphatic heterocycles. The summed E-state index contributed by atoms with van der Waals surface area (Å²) in [7, 11) is 0. The Kier molecular flexibility index (Phi) is 1.70. The quantitative estimate of drug-likeness (QED) is 0.608. The number of hydroxylamine groups is 1. The smallest absolute Gasteiger partial charge is 0.291 e. The van der Waals surface area contributed by atoms with Crippen molar-refractivity contribution in [3.8, 4) is 5.75 Å². The van der Waals surface area contributed by atoms with Gasteiger partial charge < -0.3 is 4.74 Å². The first-order chi connectivity index (χ1) is 6.20. The molecule has 68 valence electrons. The molecule has 1 aliphatic rings. The summed E-state index contributed by atoms with van der Waals surface area (Å²) >= 11 is 0. The highest BCUT2D eigenvalue weighted by molar-refractivity contribution is 5.97. The van der Waals surface area contributed by atoms with Gasteiger partial charge in [0.1, 0.15) is 11.4 Å². The number of carbonyl (C=O) groups is 1. The van der Waals surface area contributed by atoms with Crippen LogP contribution in [0.4, 0.5) is 5.69 Å². The molecule has 0 saturated carbocycles. The molecule has 1 heterocycles. The van der Waals surface area contributed by atoms with Crippen LogP contribution in [0.15, 0.2) is 24.3 Å².